The summed E-state index contributed by atoms with van der Waals surface area (Å²) in [6, 6.07) is 22.3. The summed E-state index contributed by atoms with van der Waals surface area (Å²) in [6.07, 6.45) is 0.227. The Morgan fingerprint density at radius 3 is 2.59 bits per heavy atom. The van der Waals surface area contributed by atoms with E-state index in [-0.39, 0.29) is 12.4 Å². The van der Waals surface area contributed by atoms with Gasteiger partial charge in [-0.3, -0.25) is 4.79 Å². The first kappa shape index (κ1) is 17.7. The first-order chi connectivity index (χ1) is 13.2. The smallest absolute Gasteiger partial charge is 0.310 e. The lowest BCUT2D eigenvalue weighted by atomic mass is 9.97. The highest BCUT2D eigenvalue weighted by Gasteiger charge is 2.14. The largest absolute Gasteiger partial charge is 0.466 e. The molecule has 0 aliphatic heterocycles. The molecule has 1 aromatic heterocycles. The summed E-state index contributed by atoms with van der Waals surface area (Å²) in [4.78, 5) is 17.1. The van der Waals surface area contributed by atoms with Gasteiger partial charge in [0, 0.05) is 15.4 Å². The Balaban J connectivity index is 1.96. The number of carbonyl (C=O) groups is 1. The van der Waals surface area contributed by atoms with Gasteiger partial charge in [-0.05, 0) is 47.5 Å². The van der Waals surface area contributed by atoms with Crippen LogP contribution in [0.2, 0.25) is 0 Å². The van der Waals surface area contributed by atoms with E-state index in [1.165, 1.54) is 0 Å². The third-order valence-corrected chi connectivity index (χ3v) is 5.09. The van der Waals surface area contributed by atoms with E-state index < -0.39 is 0 Å². The van der Waals surface area contributed by atoms with Crippen molar-refractivity contribution in [1.29, 1.82) is 0 Å². The molecule has 27 heavy (non-hydrogen) atoms. The molecule has 1 heterocycles. The zero-order chi connectivity index (χ0) is 18.8. The molecule has 0 saturated heterocycles. The summed E-state index contributed by atoms with van der Waals surface area (Å²) in [6.45, 7) is 2.20. The molecule has 0 N–H and O–H groups in total. The number of pyridine rings is 1. The zero-order valence-electron chi connectivity index (χ0n) is 14.9. The Bertz CT molecular complexity index is 1140. The van der Waals surface area contributed by atoms with Gasteiger partial charge in [-0.15, -0.1) is 0 Å². The van der Waals surface area contributed by atoms with Gasteiger partial charge in [0.25, 0.3) is 0 Å². The van der Waals surface area contributed by atoms with E-state index in [9.17, 15) is 4.79 Å². The molecule has 0 radical (unpaired) electrons. The molecule has 0 amide bonds. The molecule has 0 aliphatic carbocycles. The van der Waals surface area contributed by atoms with Crippen LogP contribution in [-0.4, -0.2) is 17.6 Å². The number of nitrogens with zero attached hydrogens (tertiary/aromatic N) is 1. The van der Waals surface area contributed by atoms with Gasteiger partial charge in [-0.1, -0.05) is 58.4 Å². The number of benzene rings is 3. The van der Waals surface area contributed by atoms with Crippen LogP contribution in [0.25, 0.3) is 32.9 Å². The van der Waals surface area contributed by atoms with Crippen molar-refractivity contribution in [3.05, 3.63) is 76.8 Å². The molecule has 134 valence electrons. The lowest BCUT2D eigenvalue weighted by Crippen LogP contribution is -2.08. The molecule has 4 rings (SSSR count). The maximum atomic E-state index is 12.2. The maximum Gasteiger partial charge on any atom is 0.310 e. The summed E-state index contributed by atoms with van der Waals surface area (Å²) in [7, 11) is 0. The van der Waals surface area contributed by atoms with Gasteiger partial charge in [0.1, 0.15) is 0 Å². The summed E-state index contributed by atoms with van der Waals surface area (Å²) < 4.78 is 6.22. The second-order valence-electron chi connectivity index (χ2n) is 6.34. The summed E-state index contributed by atoms with van der Waals surface area (Å²) >= 11 is 3.47. The van der Waals surface area contributed by atoms with Crippen molar-refractivity contribution in [3.8, 4) is 11.3 Å². The number of hydrogen-bond donors (Lipinski definition) is 0. The Kier molecular flexibility index (Phi) is 4.90. The Morgan fingerprint density at radius 2 is 1.81 bits per heavy atom. The minimum absolute atomic E-state index is 0.223. The minimum Gasteiger partial charge on any atom is -0.466 e. The highest BCUT2D eigenvalue weighted by molar-refractivity contribution is 9.10. The third-order valence-electron chi connectivity index (χ3n) is 4.56. The van der Waals surface area contributed by atoms with Gasteiger partial charge < -0.3 is 4.74 Å². The van der Waals surface area contributed by atoms with E-state index in [1.807, 2.05) is 55.5 Å². The highest BCUT2D eigenvalue weighted by atomic mass is 79.9. The van der Waals surface area contributed by atoms with Crippen LogP contribution in [-0.2, 0) is 16.0 Å². The molecule has 0 bridgehead atoms. The number of carbonyl (C=O) groups excluding carboxylic acids is 1. The zero-order valence-corrected chi connectivity index (χ0v) is 16.5. The molecular formula is C23H18BrNO2. The van der Waals surface area contributed by atoms with Crippen LogP contribution in [0, 0.1) is 0 Å². The Morgan fingerprint density at radius 1 is 1.04 bits per heavy atom. The Labute approximate surface area is 166 Å². The number of ether oxygens (including phenoxy) is 1. The highest BCUT2D eigenvalue weighted by Crippen LogP contribution is 2.31. The van der Waals surface area contributed by atoms with Crippen LogP contribution >= 0.6 is 15.9 Å². The van der Waals surface area contributed by atoms with Crippen molar-refractivity contribution >= 4 is 43.6 Å². The third kappa shape index (κ3) is 3.58. The predicted octanol–water partition coefficient (Wildman–Crippen LogP) is 5.92. The van der Waals surface area contributed by atoms with Gasteiger partial charge in [0.15, 0.2) is 0 Å². The molecule has 0 atom stereocenters. The van der Waals surface area contributed by atoms with E-state index in [0.717, 1.165) is 43.0 Å². The molecular weight excluding hydrogens is 402 g/mol. The molecule has 4 heteroatoms. The lowest BCUT2D eigenvalue weighted by Gasteiger charge is -2.12. The summed E-state index contributed by atoms with van der Waals surface area (Å²) in [5, 5.41) is 3.25. The van der Waals surface area contributed by atoms with Crippen LogP contribution in [0.4, 0.5) is 0 Å². The molecule has 0 aliphatic rings. The number of fused-ring (bicyclic) bond motifs is 3. The van der Waals surface area contributed by atoms with Gasteiger partial charge >= 0.3 is 5.97 Å². The van der Waals surface area contributed by atoms with E-state index in [1.54, 1.807) is 0 Å². The van der Waals surface area contributed by atoms with Crippen LogP contribution < -0.4 is 0 Å². The van der Waals surface area contributed by atoms with Gasteiger partial charge in [0.2, 0.25) is 0 Å². The topological polar surface area (TPSA) is 39.2 Å². The van der Waals surface area contributed by atoms with Crippen LogP contribution in [0.15, 0.2) is 71.2 Å². The van der Waals surface area contributed by atoms with Crippen molar-refractivity contribution in [2.75, 3.05) is 6.61 Å². The Hall–Kier alpha value is -2.72. The van der Waals surface area contributed by atoms with Crippen LogP contribution in [0.3, 0.4) is 0 Å². The van der Waals surface area contributed by atoms with Crippen molar-refractivity contribution in [2.45, 2.75) is 13.3 Å². The van der Waals surface area contributed by atoms with E-state index in [2.05, 4.69) is 34.1 Å². The van der Waals surface area contributed by atoms with Gasteiger partial charge in [0.05, 0.1) is 24.2 Å². The monoisotopic (exact) mass is 419 g/mol. The fourth-order valence-electron chi connectivity index (χ4n) is 3.37. The summed E-state index contributed by atoms with van der Waals surface area (Å²) in [5.74, 6) is -0.223. The molecule has 3 nitrogen and oxygen atoms in total. The van der Waals surface area contributed by atoms with Crippen molar-refractivity contribution in [3.63, 3.8) is 0 Å². The standard InChI is InChI=1S/C23H18BrNO2/c1-2-27-22(26)14-17-13-21(16-7-10-18(24)11-8-16)25-20-12-9-15-5-3-4-6-19(15)23(17)20/h3-13H,2,14H2,1H3. The van der Waals surface area contributed by atoms with Crippen LogP contribution in [0.5, 0.6) is 0 Å². The first-order valence-corrected chi connectivity index (χ1v) is 9.68. The first-order valence-electron chi connectivity index (χ1n) is 8.88. The average molecular weight is 420 g/mol. The van der Waals surface area contributed by atoms with E-state index in [0.29, 0.717) is 6.61 Å². The van der Waals surface area contributed by atoms with Crippen molar-refractivity contribution in [1.82, 2.24) is 4.98 Å². The van der Waals surface area contributed by atoms with Crippen LogP contribution in [0.1, 0.15) is 12.5 Å². The molecule has 0 unspecified atom stereocenters. The predicted molar refractivity (Wildman–Crippen MR) is 113 cm³/mol. The molecule has 0 spiro atoms. The van der Waals surface area contributed by atoms with Gasteiger partial charge in [-0.2, -0.15) is 0 Å². The second kappa shape index (κ2) is 7.49. The van der Waals surface area contributed by atoms with Crippen molar-refractivity contribution in [2.24, 2.45) is 0 Å². The maximum absolute atomic E-state index is 12.2. The molecule has 0 fully saturated rings. The normalized spacial score (nSPS) is 11.0. The van der Waals surface area contributed by atoms with Gasteiger partial charge in [-0.25, -0.2) is 4.98 Å². The fraction of sp³-hybridized carbons (Fsp3) is 0.130. The number of esters is 1. The fourth-order valence-corrected chi connectivity index (χ4v) is 3.63. The minimum atomic E-state index is -0.223. The van der Waals surface area contributed by atoms with Crippen molar-refractivity contribution < 1.29 is 9.53 Å². The average Bonchev–Trinajstić information content (AvgIpc) is 2.68. The molecule has 4 aromatic rings. The number of aromatic nitrogens is 1. The van der Waals surface area contributed by atoms with E-state index in [4.69, 9.17) is 9.72 Å². The number of rotatable bonds is 4. The SMILES string of the molecule is CCOC(=O)Cc1cc(-c2ccc(Br)cc2)nc2ccc3ccccc3c12. The quantitative estimate of drug-likeness (QED) is 0.304. The number of hydrogen-bond acceptors (Lipinski definition) is 3. The summed E-state index contributed by atoms with van der Waals surface area (Å²) in [5.41, 5.74) is 3.68. The molecule has 3 aromatic carbocycles. The molecule has 0 saturated carbocycles. The second-order valence-corrected chi connectivity index (χ2v) is 7.25. The lowest BCUT2D eigenvalue weighted by molar-refractivity contribution is -0.142. The number of halogens is 1. The van der Waals surface area contributed by atoms with E-state index >= 15 is 0 Å².